The summed E-state index contributed by atoms with van der Waals surface area (Å²) in [7, 11) is 0. The van der Waals surface area contributed by atoms with Crippen molar-refractivity contribution in [3.63, 3.8) is 0 Å². The van der Waals surface area contributed by atoms with Gasteiger partial charge in [0.15, 0.2) is 0 Å². The van der Waals surface area contributed by atoms with E-state index in [1.807, 2.05) is 6.20 Å². The zero-order valence-corrected chi connectivity index (χ0v) is 16.5. The summed E-state index contributed by atoms with van der Waals surface area (Å²) in [6, 6.07) is 6.17. The van der Waals surface area contributed by atoms with E-state index in [0.29, 0.717) is 0 Å². The van der Waals surface area contributed by atoms with Crippen molar-refractivity contribution in [3.8, 4) is 11.3 Å². The molecule has 1 aromatic carbocycles. The van der Waals surface area contributed by atoms with Crippen molar-refractivity contribution in [2.24, 2.45) is 0 Å². The number of benzene rings is 1. The monoisotopic (exact) mass is 439 g/mol. The Morgan fingerprint density at radius 1 is 1.16 bits per heavy atom. The van der Waals surface area contributed by atoms with Crippen molar-refractivity contribution in [3.05, 3.63) is 42.6 Å². The fourth-order valence-corrected chi connectivity index (χ4v) is 4.96. The van der Waals surface area contributed by atoms with E-state index in [1.165, 1.54) is 12.1 Å². The van der Waals surface area contributed by atoms with E-state index in [0.717, 1.165) is 30.5 Å². The van der Waals surface area contributed by atoms with Gasteiger partial charge in [0.05, 0.1) is 29.8 Å². The van der Waals surface area contributed by atoms with Gasteiger partial charge in [-0.3, -0.25) is 9.53 Å². The quantitative estimate of drug-likeness (QED) is 0.671. The van der Waals surface area contributed by atoms with Gasteiger partial charge in [0, 0.05) is 30.1 Å². The number of imidazole rings is 1. The molecule has 0 unspecified atom stereocenters. The summed E-state index contributed by atoms with van der Waals surface area (Å²) < 4.78 is 60.8. The van der Waals surface area contributed by atoms with Crippen LogP contribution in [0.1, 0.15) is 32.1 Å². The number of rotatable bonds is 7. The zero-order chi connectivity index (χ0) is 21.9. The van der Waals surface area contributed by atoms with Crippen LogP contribution in [-0.4, -0.2) is 46.2 Å². The Kier molecular flexibility index (Phi) is 4.63. The minimum Gasteiger partial charge on any atom is -0.368 e. The van der Waals surface area contributed by atoms with Crippen LogP contribution in [0.2, 0.25) is 0 Å². The Labute approximate surface area is 175 Å². The van der Waals surface area contributed by atoms with Gasteiger partial charge in [-0.25, -0.2) is 9.37 Å². The van der Waals surface area contributed by atoms with E-state index in [1.54, 1.807) is 18.5 Å². The van der Waals surface area contributed by atoms with Gasteiger partial charge in [0.1, 0.15) is 12.4 Å². The SMILES string of the molecule is O=C(COC1CC(OC(F)(F)F)C1)NC12CC(n3cnc(-c4ccc(F)cc4)c3)(C1)C2. The highest BCUT2D eigenvalue weighted by molar-refractivity contribution is 5.79. The molecule has 1 aromatic heterocycles. The molecule has 0 aliphatic heterocycles. The molecular weight excluding hydrogens is 418 g/mol. The van der Waals surface area contributed by atoms with Crippen LogP contribution in [0.15, 0.2) is 36.8 Å². The second-order valence-electron chi connectivity index (χ2n) is 8.85. The number of alkyl halides is 3. The van der Waals surface area contributed by atoms with Gasteiger partial charge in [-0.15, -0.1) is 13.2 Å². The molecular formula is C21H21F4N3O3. The minimum absolute atomic E-state index is 0.0600. The third kappa shape index (κ3) is 3.94. The number of nitrogens with zero attached hydrogens (tertiary/aromatic N) is 2. The third-order valence-electron chi connectivity index (χ3n) is 6.48. The lowest BCUT2D eigenvalue weighted by Gasteiger charge is -2.70. The fourth-order valence-electron chi connectivity index (χ4n) is 4.96. The molecule has 4 fully saturated rings. The van der Waals surface area contributed by atoms with Gasteiger partial charge in [-0.05, 0) is 43.5 Å². The number of nitrogens with one attached hydrogen (secondary N) is 1. The molecule has 1 N–H and O–H groups in total. The van der Waals surface area contributed by atoms with Crippen molar-refractivity contribution in [2.75, 3.05) is 6.61 Å². The molecule has 1 amide bonds. The van der Waals surface area contributed by atoms with Crippen molar-refractivity contribution in [2.45, 2.75) is 61.8 Å². The third-order valence-corrected chi connectivity index (χ3v) is 6.48. The van der Waals surface area contributed by atoms with Crippen molar-refractivity contribution < 1.29 is 31.8 Å². The zero-order valence-electron chi connectivity index (χ0n) is 16.5. The average Bonchev–Trinajstić information content (AvgIpc) is 3.08. The van der Waals surface area contributed by atoms with Crippen molar-refractivity contribution >= 4 is 5.91 Å². The van der Waals surface area contributed by atoms with Crippen LogP contribution < -0.4 is 5.32 Å². The Morgan fingerprint density at radius 2 is 1.84 bits per heavy atom. The second kappa shape index (κ2) is 7.03. The van der Waals surface area contributed by atoms with Gasteiger partial charge in [0.25, 0.3) is 0 Å². The predicted molar refractivity (Wildman–Crippen MR) is 100 cm³/mol. The summed E-state index contributed by atoms with van der Waals surface area (Å²) in [5, 5.41) is 3.00. The van der Waals surface area contributed by atoms with Gasteiger partial charge in [0.2, 0.25) is 5.91 Å². The summed E-state index contributed by atoms with van der Waals surface area (Å²) in [5.41, 5.74) is 1.30. The number of carbonyl (C=O) groups excluding carboxylic acids is 1. The van der Waals surface area contributed by atoms with E-state index in [9.17, 15) is 22.4 Å². The molecule has 10 heteroatoms. The first-order chi connectivity index (χ1) is 14.6. The van der Waals surface area contributed by atoms with Crippen LogP contribution in [-0.2, 0) is 19.8 Å². The van der Waals surface area contributed by atoms with Crippen LogP contribution in [0.25, 0.3) is 11.3 Å². The van der Waals surface area contributed by atoms with Gasteiger partial charge < -0.3 is 14.6 Å². The number of ether oxygens (including phenoxy) is 2. The standard InChI is InChI=1S/C21H21F4N3O3/c22-14-3-1-13(2-4-14)17-7-28(12-26-17)20-9-19(10-20,11-20)27-18(29)8-30-15-5-16(6-15)31-21(23,24)25/h1-4,7,12,15-16H,5-6,8-11H2,(H,27,29). The van der Waals surface area contributed by atoms with Crippen LogP contribution in [0.4, 0.5) is 17.6 Å². The van der Waals surface area contributed by atoms with E-state index in [4.69, 9.17) is 4.74 Å². The Morgan fingerprint density at radius 3 is 2.48 bits per heavy atom. The topological polar surface area (TPSA) is 65.4 Å². The molecule has 1 heterocycles. The Bertz CT molecular complexity index is 963. The van der Waals surface area contributed by atoms with E-state index >= 15 is 0 Å². The van der Waals surface area contributed by atoms with Crippen molar-refractivity contribution in [1.29, 1.82) is 0 Å². The molecule has 2 aromatic rings. The van der Waals surface area contributed by atoms with Crippen LogP contribution in [0, 0.1) is 5.82 Å². The first-order valence-corrected chi connectivity index (χ1v) is 10.1. The van der Waals surface area contributed by atoms with Gasteiger partial charge in [-0.1, -0.05) is 0 Å². The summed E-state index contributed by atoms with van der Waals surface area (Å²) in [5.74, 6) is -0.554. The van der Waals surface area contributed by atoms with Crippen molar-refractivity contribution in [1.82, 2.24) is 14.9 Å². The van der Waals surface area contributed by atoms with E-state index in [-0.39, 0.29) is 48.4 Å². The molecule has 6 rings (SSSR count). The predicted octanol–water partition coefficient (Wildman–Crippen LogP) is 3.52. The maximum Gasteiger partial charge on any atom is 0.522 e. The lowest BCUT2D eigenvalue weighted by molar-refractivity contribution is -0.357. The number of hydrogen-bond donors (Lipinski definition) is 1. The molecule has 0 atom stereocenters. The van der Waals surface area contributed by atoms with Gasteiger partial charge >= 0.3 is 6.36 Å². The normalized spacial score (nSPS) is 31.4. The number of hydrogen-bond acceptors (Lipinski definition) is 4. The molecule has 166 valence electrons. The van der Waals surface area contributed by atoms with Crippen LogP contribution in [0.5, 0.6) is 0 Å². The molecule has 6 nitrogen and oxygen atoms in total. The molecule has 0 spiro atoms. The Hall–Kier alpha value is -2.46. The largest absolute Gasteiger partial charge is 0.522 e. The maximum absolute atomic E-state index is 13.1. The molecule has 4 aliphatic carbocycles. The number of carbonyl (C=O) groups is 1. The van der Waals surface area contributed by atoms with Crippen LogP contribution in [0.3, 0.4) is 0 Å². The lowest BCUT2D eigenvalue weighted by Crippen LogP contribution is -2.78. The molecule has 0 radical (unpaired) electrons. The van der Waals surface area contributed by atoms with Gasteiger partial charge in [-0.2, -0.15) is 0 Å². The second-order valence-corrected chi connectivity index (χ2v) is 8.85. The highest BCUT2D eigenvalue weighted by atomic mass is 19.4. The van der Waals surface area contributed by atoms with Crippen LogP contribution >= 0.6 is 0 Å². The first-order valence-electron chi connectivity index (χ1n) is 10.1. The highest BCUT2D eigenvalue weighted by Gasteiger charge is 2.69. The first kappa shape index (κ1) is 20.4. The van der Waals surface area contributed by atoms with E-state index in [2.05, 4.69) is 19.6 Å². The number of halogens is 4. The molecule has 2 bridgehead atoms. The number of amides is 1. The summed E-state index contributed by atoms with van der Waals surface area (Å²) in [6.07, 6.45) is 0.439. The Balaban J connectivity index is 1.06. The van der Waals surface area contributed by atoms with E-state index < -0.39 is 12.5 Å². The number of aromatic nitrogens is 2. The molecule has 4 saturated carbocycles. The smallest absolute Gasteiger partial charge is 0.368 e. The molecule has 4 aliphatic rings. The molecule has 0 saturated heterocycles. The minimum atomic E-state index is -4.64. The highest BCUT2D eigenvalue weighted by Crippen LogP contribution is 2.65. The lowest BCUT2D eigenvalue weighted by atomic mass is 9.44. The maximum atomic E-state index is 13.1. The molecule has 31 heavy (non-hydrogen) atoms. The summed E-state index contributed by atoms with van der Waals surface area (Å²) >= 11 is 0. The fraction of sp³-hybridized carbons (Fsp3) is 0.524. The summed E-state index contributed by atoms with van der Waals surface area (Å²) in [4.78, 5) is 16.6. The average molecular weight is 439 g/mol. The summed E-state index contributed by atoms with van der Waals surface area (Å²) in [6.45, 7) is -0.169.